The Morgan fingerprint density at radius 2 is 2.24 bits per heavy atom. The van der Waals surface area contributed by atoms with Crippen LogP contribution in [-0.4, -0.2) is 35.1 Å². The largest absolute Gasteiger partial charge is 0.479 e. The highest BCUT2D eigenvalue weighted by molar-refractivity contribution is 5.98. The number of Topliss-reactive ketones (excluding diaryl/α,β-unsaturated/α-hetero) is 1. The van der Waals surface area contributed by atoms with Crippen molar-refractivity contribution in [1.82, 2.24) is 9.97 Å². The maximum Gasteiger partial charge on any atom is 0.243 e. The minimum Gasteiger partial charge on any atom is -0.479 e. The van der Waals surface area contributed by atoms with E-state index in [0.717, 1.165) is 19.3 Å². The van der Waals surface area contributed by atoms with Crippen molar-refractivity contribution in [2.75, 3.05) is 7.11 Å². The van der Waals surface area contributed by atoms with Crippen LogP contribution in [-0.2, 0) is 4.74 Å². The molecule has 17 heavy (non-hydrogen) atoms. The number of hydrogen-bond donors (Lipinski definition) is 0. The maximum atomic E-state index is 12.4. The van der Waals surface area contributed by atoms with Crippen LogP contribution in [0.15, 0.2) is 12.4 Å². The van der Waals surface area contributed by atoms with Gasteiger partial charge in [-0.25, -0.2) is 9.97 Å². The lowest BCUT2D eigenvalue weighted by Crippen LogP contribution is -2.26. The summed E-state index contributed by atoms with van der Waals surface area (Å²) in [4.78, 5) is 20.4. The molecule has 0 saturated carbocycles. The van der Waals surface area contributed by atoms with Crippen LogP contribution in [0.25, 0.3) is 0 Å². The molecule has 1 aromatic rings. The van der Waals surface area contributed by atoms with Crippen molar-refractivity contribution < 1.29 is 14.3 Å². The average molecular weight is 234 g/mol. The molecule has 2 aliphatic rings. The van der Waals surface area contributed by atoms with Crippen LogP contribution in [0.5, 0.6) is 5.88 Å². The smallest absolute Gasteiger partial charge is 0.243 e. The summed E-state index contributed by atoms with van der Waals surface area (Å²) in [5.74, 6) is 0.238. The van der Waals surface area contributed by atoms with Crippen LogP contribution in [0, 0.1) is 5.92 Å². The van der Waals surface area contributed by atoms with Crippen molar-refractivity contribution in [2.45, 2.75) is 31.5 Å². The molecule has 3 rings (SSSR count). The third kappa shape index (κ3) is 1.70. The highest BCUT2D eigenvalue weighted by Gasteiger charge is 2.45. The first kappa shape index (κ1) is 10.7. The summed E-state index contributed by atoms with van der Waals surface area (Å²) < 4.78 is 10.8. The van der Waals surface area contributed by atoms with E-state index < -0.39 is 0 Å². The van der Waals surface area contributed by atoms with E-state index in [1.165, 1.54) is 19.5 Å². The van der Waals surface area contributed by atoms with Gasteiger partial charge in [-0.1, -0.05) is 0 Å². The van der Waals surface area contributed by atoms with E-state index in [-0.39, 0.29) is 23.9 Å². The fraction of sp³-hybridized carbons (Fsp3) is 0.583. The first-order valence-corrected chi connectivity index (χ1v) is 5.84. The van der Waals surface area contributed by atoms with E-state index >= 15 is 0 Å². The van der Waals surface area contributed by atoms with Crippen molar-refractivity contribution in [3.63, 3.8) is 0 Å². The van der Waals surface area contributed by atoms with Gasteiger partial charge in [0.1, 0.15) is 0 Å². The maximum absolute atomic E-state index is 12.4. The molecule has 5 heteroatoms. The molecule has 2 bridgehead atoms. The third-order valence-corrected chi connectivity index (χ3v) is 3.53. The van der Waals surface area contributed by atoms with Gasteiger partial charge in [0, 0.05) is 12.4 Å². The highest BCUT2D eigenvalue weighted by Crippen LogP contribution is 2.40. The average Bonchev–Trinajstić information content (AvgIpc) is 3.00. The molecule has 2 saturated heterocycles. The van der Waals surface area contributed by atoms with Crippen LogP contribution in [0.3, 0.4) is 0 Å². The SMILES string of the molecule is COc1nccnc1C(=O)C1CC2CCC1O2. The topological polar surface area (TPSA) is 61.3 Å². The second kappa shape index (κ2) is 4.07. The summed E-state index contributed by atoms with van der Waals surface area (Å²) in [7, 11) is 1.50. The Morgan fingerprint density at radius 3 is 2.88 bits per heavy atom. The lowest BCUT2D eigenvalue weighted by Gasteiger charge is -2.17. The first-order valence-electron chi connectivity index (χ1n) is 5.84. The summed E-state index contributed by atoms with van der Waals surface area (Å²) in [5.41, 5.74) is 0.330. The van der Waals surface area contributed by atoms with Gasteiger partial charge in [0.2, 0.25) is 5.88 Å². The Morgan fingerprint density at radius 1 is 1.41 bits per heavy atom. The molecule has 1 aromatic heterocycles. The van der Waals surface area contributed by atoms with Crippen LogP contribution in [0.4, 0.5) is 0 Å². The van der Waals surface area contributed by atoms with E-state index in [1.54, 1.807) is 0 Å². The molecule has 3 unspecified atom stereocenters. The van der Waals surface area contributed by atoms with Gasteiger partial charge in [-0.05, 0) is 19.3 Å². The van der Waals surface area contributed by atoms with E-state index in [1.807, 2.05) is 0 Å². The minimum atomic E-state index is -0.0700. The van der Waals surface area contributed by atoms with Gasteiger partial charge < -0.3 is 9.47 Å². The Balaban J connectivity index is 1.86. The lowest BCUT2D eigenvalue weighted by molar-refractivity contribution is 0.0736. The molecule has 2 fully saturated rings. The molecular weight excluding hydrogens is 220 g/mol. The summed E-state index contributed by atoms with van der Waals surface area (Å²) >= 11 is 0. The Labute approximate surface area is 99.2 Å². The molecule has 0 aromatic carbocycles. The van der Waals surface area contributed by atoms with E-state index in [9.17, 15) is 4.79 Å². The molecule has 0 N–H and O–H groups in total. The molecule has 0 aliphatic carbocycles. The first-order chi connectivity index (χ1) is 8.29. The number of hydrogen-bond acceptors (Lipinski definition) is 5. The van der Waals surface area contributed by atoms with Crippen LogP contribution in [0.2, 0.25) is 0 Å². The lowest BCUT2D eigenvalue weighted by atomic mass is 9.85. The molecule has 3 atom stereocenters. The fourth-order valence-corrected chi connectivity index (χ4v) is 2.73. The quantitative estimate of drug-likeness (QED) is 0.736. The second-order valence-electron chi connectivity index (χ2n) is 4.49. The van der Waals surface area contributed by atoms with Crippen LogP contribution in [0.1, 0.15) is 29.8 Å². The number of ketones is 1. The summed E-state index contributed by atoms with van der Waals surface area (Å²) in [6, 6.07) is 0. The zero-order chi connectivity index (χ0) is 11.8. The van der Waals surface area contributed by atoms with Gasteiger partial charge in [0.05, 0.1) is 25.2 Å². The zero-order valence-corrected chi connectivity index (χ0v) is 9.63. The van der Waals surface area contributed by atoms with Crippen molar-refractivity contribution in [1.29, 1.82) is 0 Å². The summed E-state index contributed by atoms with van der Waals surface area (Å²) in [6.07, 6.45) is 6.23. The summed E-state index contributed by atoms with van der Waals surface area (Å²) in [6.45, 7) is 0. The van der Waals surface area contributed by atoms with Gasteiger partial charge in [-0.2, -0.15) is 0 Å². The van der Waals surface area contributed by atoms with E-state index in [4.69, 9.17) is 9.47 Å². The van der Waals surface area contributed by atoms with E-state index in [0.29, 0.717) is 11.6 Å². The molecule has 0 amide bonds. The summed E-state index contributed by atoms with van der Waals surface area (Å²) in [5, 5.41) is 0. The van der Waals surface area contributed by atoms with Crippen molar-refractivity contribution in [3.8, 4) is 5.88 Å². The number of rotatable bonds is 3. The van der Waals surface area contributed by atoms with Crippen molar-refractivity contribution in [2.24, 2.45) is 5.92 Å². The van der Waals surface area contributed by atoms with Gasteiger partial charge in [-0.3, -0.25) is 4.79 Å². The number of carbonyl (C=O) groups excluding carboxylic acids is 1. The number of ether oxygens (including phenoxy) is 2. The molecule has 2 aliphatic heterocycles. The molecule has 90 valence electrons. The van der Waals surface area contributed by atoms with Crippen LogP contribution < -0.4 is 4.74 Å². The van der Waals surface area contributed by atoms with Gasteiger partial charge in [0.25, 0.3) is 0 Å². The third-order valence-electron chi connectivity index (χ3n) is 3.53. The standard InChI is InChI=1S/C12H14N2O3/c1-16-12-10(13-4-5-14-12)11(15)8-6-7-2-3-9(8)17-7/h4-5,7-9H,2-3,6H2,1H3. The number of fused-ring (bicyclic) bond motifs is 2. The molecule has 0 spiro atoms. The fourth-order valence-electron chi connectivity index (χ4n) is 2.73. The van der Waals surface area contributed by atoms with Crippen LogP contribution >= 0.6 is 0 Å². The molecule has 3 heterocycles. The Bertz CT molecular complexity index is 449. The van der Waals surface area contributed by atoms with Crippen molar-refractivity contribution >= 4 is 5.78 Å². The number of aromatic nitrogens is 2. The molecular formula is C12H14N2O3. The zero-order valence-electron chi connectivity index (χ0n) is 9.63. The molecule has 5 nitrogen and oxygen atoms in total. The minimum absolute atomic E-state index is 0.00199. The van der Waals surface area contributed by atoms with Gasteiger partial charge >= 0.3 is 0 Å². The highest BCUT2D eigenvalue weighted by atomic mass is 16.5. The Kier molecular flexibility index (Phi) is 2.55. The predicted octanol–water partition coefficient (Wildman–Crippen LogP) is 1.24. The van der Waals surface area contributed by atoms with Gasteiger partial charge in [-0.15, -0.1) is 0 Å². The monoisotopic (exact) mass is 234 g/mol. The number of nitrogens with zero attached hydrogens (tertiary/aromatic N) is 2. The van der Waals surface area contributed by atoms with Gasteiger partial charge in [0.15, 0.2) is 11.5 Å². The number of methoxy groups -OCH3 is 1. The second-order valence-corrected chi connectivity index (χ2v) is 4.49. The predicted molar refractivity (Wildman–Crippen MR) is 58.9 cm³/mol. The number of carbonyl (C=O) groups is 1. The Hall–Kier alpha value is -1.49. The van der Waals surface area contributed by atoms with E-state index in [2.05, 4.69) is 9.97 Å². The normalized spacial score (nSPS) is 30.5. The van der Waals surface area contributed by atoms with Crippen molar-refractivity contribution in [3.05, 3.63) is 18.1 Å². The molecule has 0 radical (unpaired) electrons.